The molecule has 0 saturated heterocycles. The van der Waals surface area contributed by atoms with Gasteiger partial charge in [-0.05, 0) is 23.9 Å². The highest BCUT2D eigenvalue weighted by atomic mass is 35.5. The average molecular weight is 278 g/mol. The second kappa shape index (κ2) is 5.85. The van der Waals surface area contributed by atoms with Gasteiger partial charge in [-0.3, -0.25) is 0 Å². The van der Waals surface area contributed by atoms with Gasteiger partial charge in [0, 0.05) is 11.1 Å². The molecule has 0 amide bonds. The largest absolute Gasteiger partial charge is 0.361 e. The lowest BCUT2D eigenvalue weighted by Gasteiger charge is -2.16. The third kappa shape index (κ3) is 2.81. The minimum atomic E-state index is 0.197. The number of rotatable bonds is 4. The number of hydrogen-bond acceptors (Lipinski definition) is 4. The molecule has 2 heterocycles. The molecule has 0 aromatic carbocycles. The number of nitrogens with one attached hydrogen (secondary N) is 1. The van der Waals surface area contributed by atoms with Gasteiger partial charge in [-0.2, -0.15) is 5.26 Å². The molecule has 2 aromatic rings. The predicted octanol–water partition coefficient (Wildman–Crippen LogP) is 4.23. The van der Waals surface area contributed by atoms with Crippen LogP contribution in [0.4, 0.5) is 5.82 Å². The van der Waals surface area contributed by atoms with Gasteiger partial charge in [0.25, 0.3) is 0 Å². The fourth-order valence-electron chi connectivity index (χ4n) is 1.63. The Hall–Kier alpha value is -1.57. The molecule has 3 nitrogen and oxygen atoms in total. The van der Waals surface area contributed by atoms with Gasteiger partial charge in [0.2, 0.25) is 0 Å². The van der Waals surface area contributed by atoms with E-state index in [0.717, 1.165) is 6.42 Å². The first kappa shape index (κ1) is 12.9. The molecule has 1 atom stereocenters. The van der Waals surface area contributed by atoms with Crippen molar-refractivity contribution in [3.8, 4) is 6.07 Å². The van der Waals surface area contributed by atoms with E-state index in [1.165, 1.54) is 11.1 Å². The fraction of sp³-hybridized carbons (Fsp3) is 0.231. The summed E-state index contributed by atoms with van der Waals surface area (Å²) < 4.78 is 0. The van der Waals surface area contributed by atoms with E-state index in [4.69, 9.17) is 16.9 Å². The molecule has 0 bridgehead atoms. The van der Waals surface area contributed by atoms with E-state index >= 15 is 0 Å². The van der Waals surface area contributed by atoms with Crippen molar-refractivity contribution < 1.29 is 0 Å². The van der Waals surface area contributed by atoms with Crippen LogP contribution in [0.1, 0.15) is 29.8 Å². The molecule has 2 rings (SSSR count). The van der Waals surface area contributed by atoms with Crippen LogP contribution in [0, 0.1) is 11.3 Å². The lowest BCUT2D eigenvalue weighted by Crippen LogP contribution is -2.09. The summed E-state index contributed by atoms with van der Waals surface area (Å²) in [5.41, 5.74) is 0.467. The van der Waals surface area contributed by atoms with E-state index in [1.807, 2.05) is 17.5 Å². The number of nitriles is 1. The molecule has 0 aliphatic carbocycles. The number of pyridine rings is 1. The average Bonchev–Trinajstić information content (AvgIpc) is 2.91. The number of anilines is 1. The van der Waals surface area contributed by atoms with Crippen molar-refractivity contribution in [2.24, 2.45) is 0 Å². The lowest BCUT2D eigenvalue weighted by atomic mass is 10.2. The molecule has 18 heavy (non-hydrogen) atoms. The monoisotopic (exact) mass is 277 g/mol. The summed E-state index contributed by atoms with van der Waals surface area (Å²) in [5, 5.41) is 14.6. The molecule has 92 valence electrons. The smallest absolute Gasteiger partial charge is 0.145 e. The van der Waals surface area contributed by atoms with Gasteiger partial charge in [-0.25, -0.2) is 4.98 Å². The zero-order valence-electron chi connectivity index (χ0n) is 9.85. The van der Waals surface area contributed by atoms with Gasteiger partial charge < -0.3 is 5.32 Å². The van der Waals surface area contributed by atoms with Crippen molar-refractivity contribution >= 4 is 28.8 Å². The molecule has 0 aliphatic rings. The van der Waals surface area contributed by atoms with Crippen molar-refractivity contribution in [2.45, 2.75) is 19.4 Å². The maximum atomic E-state index is 8.76. The van der Waals surface area contributed by atoms with Crippen LogP contribution in [0.15, 0.2) is 29.8 Å². The Bertz CT molecular complexity index is 560. The molecule has 1 unspecified atom stereocenters. The van der Waals surface area contributed by atoms with Crippen molar-refractivity contribution in [3.63, 3.8) is 0 Å². The van der Waals surface area contributed by atoms with Crippen molar-refractivity contribution in [1.29, 1.82) is 5.26 Å². The van der Waals surface area contributed by atoms with Gasteiger partial charge in [0.05, 0.1) is 16.6 Å². The molecule has 0 spiro atoms. The summed E-state index contributed by atoms with van der Waals surface area (Å²) in [4.78, 5) is 5.44. The van der Waals surface area contributed by atoms with Crippen molar-refractivity contribution in [1.82, 2.24) is 4.98 Å². The number of halogens is 1. The quantitative estimate of drug-likeness (QED) is 0.910. The highest BCUT2D eigenvalue weighted by Gasteiger charge is 2.12. The van der Waals surface area contributed by atoms with Crippen LogP contribution < -0.4 is 5.32 Å². The van der Waals surface area contributed by atoms with Crippen molar-refractivity contribution in [3.05, 3.63) is 45.2 Å². The van der Waals surface area contributed by atoms with E-state index in [9.17, 15) is 0 Å². The van der Waals surface area contributed by atoms with Crippen LogP contribution in [0.25, 0.3) is 0 Å². The minimum Gasteiger partial charge on any atom is -0.361 e. The number of hydrogen-bond donors (Lipinski definition) is 1. The maximum Gasteiger partial charge on any atom is 0.145 e. The summed E-state index contributed by atoms with van der Waals surface area (Å²) in [6.07, 6.45) is 2.47. The molecule has 5 heteroatoms. The van der Waals surface area contributed by atoms with Crippen LogP contribution in [0.5, 0.6) is 0 Å². The number of nitrogens with zero attached hydrogens (tertiary/aromatic N) is 2. The summed E-state index contributed by atoms with van der Waals surface area (Å²) in [6, 6.07) is 7.95. The van der Waals surface area contributed by atoms with Gasteiger partial charge in [-0.1, -0.05) is 24.6 Å². The first-order valence-corrected chi connectivity index (χ1v) is 6.86. The van der Waals surface area contributed by atoms with E-state index in [0.29, 0.717) is 16.4 Å². The summed E-state index contributed by atoms with van der Waals surface area (Å²) in [7, 11) is 0. The van der Waals surface area contributed by atoms with Gasteiger partial charge in [0.1, 0.15) is 11.9 Å². The van der Waals surface area contributed by atoms with E-state index in [-0.39, 0.29) is 6.04 Å². The first-order valence-electron chi connectivity index (χ1n) is 5.60. The van der Waals surface area contributed by atoms with Gasteiger partial charge >= 0.3 is 0 Å². The summed E-state index contributed by atoms with van der Waals surface area (Å²) in [5.74, 6) is 0.621. The second-order valence-electron chi connectivity index (χ2n) is 3.79. The van der Waals surface area contributed by atoms with Crippen LogP contribution in [0.2, 0.25) is 5.02 Å². The normalized spacial score (nSPS) is 11.8. The van der Waals surface area contributed by atoms with Crippen LogP contribution in [0.3, 0.4) is 0 Å². The van der Waals surface area contributed by atoms with Crippen LogP contribution >= 0.6 is 22.9 Å². The van der Waals surface area contributed by atoms with Crippen molar-refractivity contribution in [2.75, 3.05) is 5.32 Å². The molecular weight excluding hydrogens is 266 g/mol. The van der Waals surface area contributed by atoms with Crippen LogP contribution in [-0.2, 0) is 0 Å². The number of aromatic nitrogens is 1. The lowest BCUT2D eigenvalue weighted by molar-refractivity contribution is 0.759. The highest BCUT2D eigenvalue weighted by Crippen LogP contribution is 2.28. The summed E-state index contributed by atoms with van der Waals surface area (Å²) in [6.45, 7) is 2.11. The van der Waals surface area contributed by atoms with Gasteiger partial charge in [0.15, 0.2) is 0 Å². The Kier molecular flexibility index (Phi) is 4.19. The SMILES string of the molecule is CCC(Nc1ncc(C#N)cc1Cl)c1cccs1. The van der Waals surface area contributed by atoms with E-state index < -0.39 is 0 Å². The molecule has 0 fully saturated rings. The highest BCUT2D eigenvalue weighted by molar-refractivity contribution is 7.10. The molecular formula is C13H12ClN3S. The predicted molar refractivity (Wildman–Crippen MR) is 74.9 cm³/mol. The zero-order chi connectivity index (χ0) is 13.0. The minimum absolute atomic E-state index is 0.197. The Balaban J connectivity index is 2.20. The van der Waals surface area contributed by atoms with E-state index in [1.54, 1.807) is 17.4 Å². The first-order chi connectivity index (χ1) is 8.74. The van der Waals surface area contributed by atoms with Crippen LogP contribution in [-0.4, -0.2) is 4.98 Å². The molecule has 1 N–H and O–H groups in total. The Morgan fingerprint density at radius 1 is 1.61 bits per heavy atom. The van der Waals surface area contributed by atoms with E-state index in [2.05, 4.69) is 23.3 Å². The third-order valence-corrected chi connectivity index (χ3v) is 3.85. The van der Waals surface area contributed by atoms with Gasteiger partial charge in [-0.15, -0.1) is 11.3 Å². The Labute approximate surface area is 115 Å². The molecule has 0 aliphatic heterocycles. The number of thiophene rings is 1. The zero-order valence-corrected chi connectivity index (χ0v) is 11.4. The molecule has 0 saturated carbocycles. The third-order valence-electron chi connectivity index (χ3n) is 2.58. The Morgan fingerprint density at radius 2 is 2.44 bits per heavy atom. The standard InChI is InChI=1S/C13H12ClN3S/c1-2-11(12-4-3-5-18-12)17-13-10(14)6-9(7-15)8-16-13/h3-6,8,11H,2H2,1H3,(H,16,17). The Morgan fingerprint density at radius 3 is 3.00 bits per heavy atom. The second-order valence-corrected chi connectivity index (χ2v) is 5.17. The fourth-order valence-corrected chi connectivity index (χ4v) is 2.72. The maximum absolute atomic E-state index is 8.76. The summed E-state index contributed by atoms with van der Waals surface area (Å²) >= 11 is 7.80. The topological polar surface area (TPSA) is 48.7 Å². The molecule has 2 aromatic heterocycles. The molecule has 0 radical (unpaired) electrons.